The topological polar surface area (TPSA) is 72.9 Å². The lowest BCUT2D eigenvalue weighted by Gasteiger charge is -2.37. The Bertz CT molecular complexity index is 799. The molecule has 0 aliphatic carbocycles. The largest absolute Gasteiger partial charge is 0.497 e. The Balaban J connectivity index is 1.39. The number of nitrogens with zero attached hydrogens (tertiary/aromatic N) is 2. The molecule has 0 saturated carbocycles. The number of methoxy groups -OCH3 is 1. The molecule has 3 heterocycles. The van der Waals surface area contributed by atoms with Gasteiger partial charge in [-0.25, -0.2) is 4.98 Å². The van der Waals surface area contributed by atoms with E-state index in [-0.39, 0.29) is 11.9 Å². The first-order chi connectivity index (χ1) is 14.2. The van der Waals surface area contributed by atoms with E-state index >= 15 is 0 Å². The SMILES string of the molecule is COc1ccc(-c2nc(C(=O)NCC(C3CCOC3)N3CCOCC3)cs2)cc1. The Morgan fingerprint density at radius 3 is 2.76 bits per heavy atom. The van der Waals surface area contributed by atoms with Gasteiger partial charge in [0.1, 0.15) is 16.5 Å². The van der Waals surface area contributed by atoms with Crippen LogP contribution < -0.4 is 10.1 Å². The second-order valence-electron chi connectivity index (χ2n) is 7.32. The van der Waals surface area contributed by atoms with Crippen molar-refractivity contribution >= 4 is 17.2 Å². The molecule has 8 heteroatoms. The lowest BCUT2D eigenvalue weighted by molar-refractivity contribution is 0.00165. The third-order valence-corrected chi connectivity index (χ3v) is 6.46. The number of aromatic nitrogens is 1. The molecule has 2 fully saturated rings. The molecule has 1 N–H and O–H groups in total. The van der Waals surface area contributed by atoms with Gasteiger partial charge in [0, 0.05) is 49.1 Å². The number of benzene rings is 1. The van der Waals surface area contributed by atoms with Gasteiger partial charge >= 0.3 is 0 Å². The summed E-state index contributed by atoms with van der Waals surface area (Å²) < 4.78 is 16.3. The second kappa shape index (κ2) is 9.67. The van der Waals surface area contributed by atoms with Crippen LogP contribution in [0, 0.1) is 5.92 Å². The summed E-state index contributed by atoms with van der Waals surface area (Å²) in [6.07, 6.45) is 1.04. The molecule has 2 atom stereocenters. The summed E-state index contributed by atoms with van der Waals surface area (Å²) >= 11 is 1.47. The highest BCUT2D eigenvalue weighted by Gasteiger charge is 2.32. The lowest BCUT2D eigenvalue weighted by atomic mass is 9.97. The summed E-state index contributed by atoms with van der Waals surface area (Å²) in [4.78, 5) is 19.7. The predicted molar refractivity (Wildman–Crippen MR) is 112 cm³/mol. The molecule has 29 heavy (non-hydrogen) atoms. The zero-order valence-corrected chi connectivity index (χ0v) is 17.5. The molecule has 0 radical (unpaired) electrons. The van der Waals surface area contributed by atoms with Crippen molar-refractivity contribution in [3.8, 4) is 16.3 Å². The number of nitrogens with one attached hydrogen (secondary N) is 1. The van der Waals surface area contributed by atoms with Crippen molar-refractivity contribution < 1.29 is 19.0 Å². The maximum atomic E-state index is 12.7. The van der Waals surface area contributed by atoms with E-state index in [0.717, 1.165) is 62.3 Å². The number of carbonyl (C=O) groups is 1. The van der Waals surface area contributed by atoms with E-state index in [1.165, 1.54) is 11.3 Å². The molecule has 1 aromatic carbocycles. The van der Waals surface area contributed by atoms with Crippen LogP contribution in [-0.4, -0.2) is 75.0 Å². The Labute approximate surface area is 175 Å². The molecule has 2 saturated heterocycles. The summed E-state index contributed by atoms with van der Waals surface area (Å²) in [5.41, 5.74) is 1.44. The fourth-order valence-electron chi connectivity index (χ4n) is 3.89. The maximum Gasteiger partial charge on any atom is 0.270 e. The Morgan fingerprint density at radius 1 is 1.28 bits per heavy atom. The lowest BCUT2D eigenvalue weighted by Crippen LogP contribution is -2.52. The van der Waals surface area contributed by atoms with Crippen LogP contribution in [-0.2, 0) is 9.47 Å². The van der Waals surface area contributed by atoms with Crippen LogP contribution in [0.1, 0.15) is 16.9 Å². The number of hydrogen-bond donors (Lipinski definition) is 1. The van der Waals surface area contributed by atoms with Gasteiger partial charge in [0.2, 0.25) is 0 Å². The van der Waals surface area contributed by atoms with Crippen molar-refractivity contribution in [3.05, 3.63) is 35.3 Å². The van der Waals surface area contributed by atoms with Crippen LogP contribution in [0.4, 0.5) is 0 Å². The van der Waals surface area contributed by atoms with E-state index in [9.17, 15) is 4.79 Å². The standard InChI is InChI=1S/C21H27N3O4S/c1-26-17-4-2-15(3-5-17)21-23-18(14-29-21)20(25)22-12-19(16-6-9-28-13-16)24-7-10-27-11-8-24/h2-5,14,16,19H,6-13H2,1H3,(H,22,25). The number of morpholine rings is 1. The van der Waals surface area contributed by atoms with Crippen molar-refractivity contribution in [2.24, 2.45) is 5.92 Å². The number of hydrogen-bond acceptors (Lipinski definition) is 7. The highest BCUT2D eigenvalue weighted by atomic mass is 32.1. The van der Waals surface area contributed by atoms with Crippen molar-refractivity contribution in [1.29, 1.82) is 0 Å². The molecule has 2 unspecified atom stereocenters. The molecule has 156 valence electrons. The average molecular weight is 418 g/mol. The Kier molecular flexibility index (Phi) is 6.76. The van der Waals surface area contributed by atoms with Gasteiger partial charge in [0.05, 0.1) is 26.9 Å². The van der Waals surface area contributed by atoms with Gasteiger partial charge in [-0.2, -0.15) is 0 Å². The average Bonchev–Trinajstić information content (AvgIpc) is 3.47. The van der Waals surface area contributed by atoms with Crippen LogP contribution in [0.5, 0.6) is 5.75 Å². The minimum atomic E-state index is -0.127. The summed E-state index contributed by atoms with van der Waals surface area (Å²) in [5.74, 6) is 1.12. The number of thiazole rings is 1. The molecule has 2 aliphatic heterocycles. The molecular formula is C21H27N3O4S. The van der Waals surface area contributed by atoms with Gasteiger partial charge in [-0.15, -0.1) is 11.3 Å². The normalized spacial score (nSPS) is 21.1. The summed E-state index contributed by atoms with van der Waals surface area (Å²) in [6, 6.07) is 7.96. The zero-order chi connectivity index (χ0) is 20.1. The van der Waals surface area contributed by atoms with E-state index < -0.39 is 0 Å². The van der Waals surface area contributed by atoms with E-state index in [1.54, 1.807) is 7.11 Å². The van der Waals surface area contributed by atoms with E-state index in [2.05, 4.69) is 15.2 Å². The Morgan fingerprint density at radius 2 is 2.07 bits per heavy atom. The fraction of sp³-hybridized carbons (Fsp3) is 0.524. The molecule has 7 nitrogen and oxygen atoms in total. The first kappa shape index (κ1) is 20.3. The smallest absolute Gasteiger partial charge is 0.270 e. The van der Waals surface area contributed by atoms with Crippen LogP contribution in [0.3, 0.4) is 0 Å². The minimum absolute atomic E-state index is 0.127. The third-order valence-electron chi connectivity index (χ3n) is 5.57. The third kappa shape index (κ3) is 4.95. The monoisotopic (exact) mass is 417 g/mol. The van der Waals surface area contributed by atoms with E-state index in [4.69, 9.17) is 14.2 Å². The molecule has 0 bridgehead atoms. The quantitative estimate of drug-likeness (QED) is 0.745. The van der Waals surface area contributed by atoms with E-state index in [0.29, 0.717) is 18.2 Å². The van der Waals surface area contributed by atoms with Gasteiger partial charge < -0.3 is 19.5 Å². The van der Waals surface area contributed by atoms with Crippen LogP contribution in [0.2, 0.25) is 0 Å². The molecule has 1 amide bonds. The molecule has 2 aromatic rings. The van der Waals surface area contributed by atoms with Gasteiger partial charge in [-0.1, -0.05) is 0 Å². The first-order valence-electron chi connectivity index (χ1n) is 10.0. The molecule has 2 aliphatic rings. The van der Waals surface area contributed by atoms with Crippen molar-refractivity contribution in [2.75, 3.05) is 53.2 Å². The number of ether oxygens (including phenoxy) is 3. The number of carbonyl (C=O) groups excluding carboxylic acids is 1. The van der Waals surface area contributed by atoms with Crippen molar-refractivity contribution in [1.82, 2.24) is 15.2 Å². The maximum absolute atomic E-state index is 12.7. The van der Waals surface area contributed by atoms with Crippen LogP contribution in [0.25, 0.3) is 10.6 Å². The molecule has 4 rings (SSSR count). The van der Waals surface area contributed by atoms with E-state index in [1.807, 2.05) is 29.6 Å². The summed E-state index contributed by atoms with van der Waals surface area (Å²) in [5, 5.41) is 5.75. The van der Waals surface area contributed by atoms with Crippen LogP contribution >= 0.6 is 11.3 Å². The van der Waals surface area contributed by atoms with Crippen molar-refractivity contribution in [2.45, 2.75) is 12.5 Å². The number of rotatable bonds is 7. The fourth-order valence-corrected chi connectivity index (χ4v) is 4.70. The van der Waals surface area contributed by atoms with Gasteiger partial charge in [0.15, 0.2) is 0 Å². The molecular weight excluding hydrogens is 390 g/mol. The molecule has 1 aromatic heterocycles. The van der Waals surface area contributed by atoms with Crippen LogP contribution in [0.15, 0.2) is 29.6 Å². The summed E-state index contributed by atoms with van der Waals surface area (Å²) in [6.45, 7) is 5.45. The van der Waals surface area contributed by atoms with Gasteiger partial charge in [0.25, 0.3) is 5.91 Å². The summed E-state index contributed by atoms with van der Waals surface area (Å²) in [7, 11) is 1.64. The highest BCUT2D eigenvalue weighted by Crippen LogP contribution is 2.26. The zero-order valence-electron chi connectivity index (χ0n) is 16.6. The number of amides is 1. The first-order valence-corrected chi connectivity index (χ1v) is 10.9. The minimum Gasteiger partial charge on any atom is -0.497 e. The van der Waals surface area contributed by atoms with Gasteiger partial charge in [-0.05, 0) is 30.7 Å². The molecule has 0 spiro atoms. The predicted octanol–water partition coefficient (Wildman–Crippen LogP) is 2.29. The van der Waals surface area contributed by atoms with Crippen molar-refractivity contribution in [3.63, 3.8) is 0 Å². The second-order valence-corrected chi connectivity index (χ2v) is 8.17. The Hall–Kier alpha value is -2.00. The van der Waals surface area contributed by atoms with Gasteiger partial charge in [-0.3, -0.25) is 9.69 Å². The highest BCUT2D eigenvalue weighted by molar-refractivity contribution is 7.13.